The predicted octanol–water partition coefficient (Wildman–Crippen LogP) is 5.64. The summed E-state index contributed by atoms with van der Waals surface area (Å²) >= 11 is 9.58. The molecule has 0 aliphatic rings. The number of hydrogen-bond donors (Lipinski definition) is 1. The third kappa shape index (κ3) is 4.75. The number of anilines is 1. The summed E-state index contributed by atoms with van der Waals surface area (Å²) < 4.78 is 6.58. The minimum absolute atomic E-state index is 0.142. The van der Waals surface area contributed by atoms with E-state index in [9.17, 15) is 0 Å². The van der Waals surface area contributed by atoms with Crippen molar-refractivity contribution < 1.29 is 4.74 Å². The maximum atomic E-state index is 6.08. The third-order valence-electron chi connectivity index (χ3n) is 2.90. The number of hydrogen-bond acceptors (Lipinski definition) is 3. The van der Waals surface area contributed by atoms with Crippen LogP contribution in [-0.2, 0) is 0 Å². The van der Waals surface area contributed by atoms with Gasteiger partial charge in [0.1, 0.15) is 5.75 Å². The molecule has 2 rings (SSSR count). The number of halogens is 2. The highest BCUT2D eigenvalue weighted by molar-refractivity contribution is 9.10. The fourth-order valence-corrected chi connectivity index (χ4v) is 2.46. The number of nitrogens with one attached hydrogen (secondary N) is 1. The van der Waals surface area contributed by atoms with Crippen LogP contribution in [0.5, 0.6) is 5.75 Å². The van der Waals surface area contributed by atoms with Crippen LogP contribution < -0.4 is 10.2 Å². The van der Waals surface area contributed by atoms with E-state index in [0.717, 1.165) is 32.1 Å². The number of rotatable bonds is 5. The Morgan fingerprint density at radius 2 is 2.00 bits per heavy atom. The molecule has 0 aliphatic heterocycles. The van der Waals surface area contributed by atoms with Crippen molar-refractivity contribution in [3.63, 3.8) is 0 Å². The second kappa shape index (κ2) is 7.65. The Morgan fingerprint density at radius 3 is 2.64 bits per heavy atom. The quantitative estimate of drug-likeness (QED) is 0.537. The van der Waals surface area contributed by atoms with Crippen LogP contribution in [0.4, 0.5) is 5.69 Å². The van der Waals surface area contributed by atoms with Crippen LogP contribution in [0.1, 0.15) is 25.0 Å². The Balaban J connectivity index is 2.03. The van der Waals surface area contributed by atoms with E-state index in [1.54, 1.807) is 6.21 Å². The van der Waals surface area contributed by atoms with Crippen LogP contribution in [0.15, 0.2) is 46.0 Å². The van der Waals surface area contributed by atoms with Gasteiger partial charge in [0.2, 0.25) is 0 Å². The SMILES string of the molecule is Cc1ccc(N/N=C/c2ccc(OC(C)C)c(Br)c2)cc1Cl. The van der Waals surface area contributed by atoms with Crippen molar-refractivity contribution in [3.8, 4) is 5.75 Å². The van der Waals surface area contributed by atoms with E-state index in [4.69, 9.17) is 16.3 Å². The van der Waals surface area contributed by atoms with Crippen molar-refractivity contribution in [3.05, 3.63) is 57.0 Å². The third-order valence-corrected chi connectivity index (χ3v) is 3.92. The van der Waals surface area contributed by atoms with E-state index < -0.39 is 0 Å². The summed E-state index contributed by atoms with van der Waals surface area (Å²) in [5.41, 5.74) is 5.83. The Labute approximate surface area is 144 Å². The molecule has 5 heteroatoms. The second-order valence-electron chi connectivity index (χ2n) is 5.19. The average Bonchev–Trinajstić information content (AvgIpc) is 2.45. The molecule has 0 fully saturated rings. The van der Waals surface area contributed by atoms with Crippen LogP contribution in [-0.4, -0.2) is 12.3 Å². The normalized spacial score (nSPS) is 11.2. The molecule has 0 atom stereocenters. The smallest absolute Gasteiger partial charge is 0.133 e. The van der Waals surface area contributed by atoms with Gasteiger partial charge in [0.05, 0.1) is 22.5 Å². The first-order valence-electron chi connectivity index (χ1n) is 6.97. The molecule has 2 aromatic carbocycles. The van der Waals surface area contributed by atoms with E-state index in [0.29, 0.717) is 0 Å². The van der Waals surface area contributed by atoms with Crippen LogP contribution in [0, 0.1) is 6.92 Å². The van der Waals surface area contributed by atoms with Crippen molar-refractivity contribution >= 4 is 39.4 Å². The molecule has 0 bridgehead atoms. The maximum Gasteiger partial charge on any atom is 0.133 e. The lowest BCUT2D eigenvalue weighted by Crippen LogP contribution is -2.06. The summed E-state index contributed by atoms with van der Waals surface area (Å²) in [7, 11) is 0. The Bertz CT molecular complexity index is 686. The topological polar surface area (TPSA) is 33.6 Å². The number of nitrogens with zero attached hydrogens (tertiary/aromatic N) is 1. The van der Waals surface area contributed by atoms with E-state index in [1.807, 2.05) is 57.2 Å². The highest BCUT2D eigenvalue weighted by Crippen LogP contribution is 2.26. The molecule has 22 heavy (non-hydrogen) atoms. The van der Waals surface area contributed by atoms with Gasteiger partial charge in [-0.3, -0.25) is 5.43 Å². The molecule has 1 N–H and O–H groups in total. The molecular formula is C17H18BrClN2O. The molecular weight excluding hydrogens is 364 g/mol. The van der Waals surface area contributed by atoms with Gasteiger partial charge in [-0.15, -0.1) is 0 Å². The predicted molar refractivity (Wildman–Crippen MR) is 97.3 cm³/mol. The highest BCUT2D eigenvalue weighted by Gasteiger charge is 2.03. The Kier molecular flexibility index (Phi) is 5.86. The zero-order valence-electron chi connectivity index (χ0n) is 12.7. The molecule has 0 heterocycles. The number of ether oxygens (including phenoxy) is 1. The summed E-state index contributed by atoms with van der Waals surface area (Å²) in [6.45, 7) is 5.96. The summed E-state index contributed by atoms with van der Waals surface area (Å²) in [4.78, 5) is 0. The van der Waals surface area contributed by atoms with Crippen molar-refractivity contribution in [1.29, 1.82) is 0 Å². The van der Waals surface area contributed by atoms with Gasteiger partial charge in [-0.1, -0.05) is 17.7 Å². The van der Waals surface area contributed by atoms with Gasteiger partial charge in [-0.05, 0) is 78.2 Å². The molecule has 3 nitrogen and oxygen atoms in total. The van der Waals surface area contributed by atoms with Gasteiger partial charge in [0, 0.05) is 5.02 Å². The van der Waals surface area contributed by atoms with E-state index in [2.05, 4.69) is 26.5 Å². The molecule has 0 radical (unpaired) electrons. The first-order valence-corrected chi connectivity index (χ1v) is 8.14. The van der Waals surface area contributed by atoms with E-state index >= 15 is 0 Å². The molecule has 0 spiro atoms. The van der Waals surface area contributed by atoms with Crippen LogP contribution in [0.3, 0.4) is 0 Å². The minimum atomic E-state index is 0.142. The number of benzene rings is 2. The maximum absolute atomic E-state index is 6.08. The first kappa shape index (κ1) is 16.8. The van der Waals surface area contributed by atoms with Gasteiger partial charge >= 0.3 is 0 Å². The Hall–Kier alpha value is -1.52. The van der Waals surface area contributed by atoms with Crippen LogP contribution >= 0.6 is 27.5 Å². The van der Waals surface area contributed by atoms with E-state index in [-0.39, 0.29) is 6.10 Å². The molecule has 0 saturated heterocycles. The zero-order valence-corrected chi connectivity index (χ0v) is 15.1. The standard InChI is InChI=1S/C17H18BrClN2O/c1-11(2)22-17-7-5-13(8-15(17)18)10-20-21-14-6-4-12(3)16(19)9-14/h4-11,21H,1-3H3/b20-10+. The lowest BCUT2D eigenvalue weighted by atomic mass is 10.2. The fraction of sp³-hybridized carbons (Fsp3) is 0.235. The Morgan fingerprint density at radius 1 is 1.23 bits per heavy atom. The molecule has 0 unspecified atom stereocenters. The zero-order chi connectivity index (χ0) is 16.1. The number of aryl methyl sites for hydroxylation is 1. The summed E-state index contributed by atoms with van der Waals surface area (Å²) in [6.07, 6.45) is 1.89. The van der Waals surface area contributed by atoms with Crippen molar-refractivity contribution in [1.82, 2.24) is 0 Å². The monoisotopic (exact) mass is 380 g/mol. The molecule has 2 aromatic rings. The summed E-state index contributed by atoms with van der Waals surface area (Å²) in [5.74, 6) is 0.824. The van der Waals surface area contributed by atoms with Gasteiger partial charge in [-0.25, -0.2) is 0 Å². The van der Waals surface area contributed by atoms with Crippen molar-refractivity contribution in [2.75, 3.05) is 5.43 Å². The lowest BCUT2D eigenvalue weighted by Gasteiger charge is -2.11. The van der Waals surface area contributed by atoms with Gasteiger partial charge in [-0.2, -0.15) is 5.10 Å². The highest BCUT2D eigenvalue weighted by atomic mass is 79.9. The molecule has 0 amide bonds. The molecule has 0 saturated carbocycles. The minimum Gasteiger partial charge on any atom is -0.490 e. The second-order valence-corrected chi connectivity index (χ2v) is 6.45. The average molecular weight is 382 g/mol. The number of hydrazone groups is 1. The molecule has 0 aromatic heterocycles. The van der Waals surface area contributed by atoms with Crippen LogP contribution in [0.25, 0.3) is 0 Å². The molecule has 0 aliphatic carbocycles. The van der Waals surface area contributed by atoms with Gasteiger partial charge in [0.15, 0.2) is 0 Å². The first-order chi connectivity index (χ1) is 10.5. The summed E-state index contributed by atoms with van der Waals surface area (Å²) in [5, 5.41) is 4.94. The summed E-state index contributed by atoms with van der Waals surface area (Å²) in [6, 6.07) is 11.6. The van der Waals surface area contributed by atoms with Crippen molar-refractivity contribution in [2.45, 2.75) is 26.9 Å². The van der Waals surface area contributed by atoms with Crippen LogP contribution in [0.2, 0.25) is 5.02 Å². The van der Waals surface area contributed by atoms with E-state index in [1.165, 1.54) is 0 Å². The van der Waals surface area contributed by atoms with Gasteiger partial charge < -0.3 is 4.74 Å². The lowest BCUT2D eigenvalue weighted by molar-refractivity contribution is 0.241. The molecule has 116 valence electrons. The van der Waals surface area contributed by atoms with Crippen molar-refractivity contribution in [2.24, 2.45) is 5.10 Å². The van der Waals surface area contributed by atoms with Gasteiger partial charge in [0.25, 0.3) is 0 Å². The fourth-order valence-electron chi connectivity index (χ4n) is 1.79. The largest absolute Gasteiger partial charge is 0.490 e.